The van der Waals surface area contributed by atoms with Gasteiger partial charge in [0.25, 0.3) is 0 Å². The van der Waals surface area contributed by atoms with Crippen LogP contribution in [0.5, 0.6) is 0 Å². The average molecular weight is 380 g/mol. The van der Waals surface area contributed by atoms with Gasteiger partial charge in [0, 0.05) is 36.4 Å². The lowest BCUT2D eigenvalue weighted by Crippen LogP contribution is -2.43. The third kappa shape index (κ3) is 3.83. The second kappa shape index (κ2) is 7.34. The number of nitrogens with zero attached hydrogens (tertiary/aromatic N) is 1. The Morgan fingerprint density at radius 2 is 2.00 bits per heavy atom. The summed E-state index contributed by atoms with van der Waals surface area (Å²) in [4.78, 5) is 29.3. The highest BCUT2D eigenvalue weighted by Gasteiger charge is 2.31. The van der Waals surface area contributed by atoms with E-state index in [1.54, 1.807) is 17.0 Å². The van der Waals surface area contributed by atoms with Crippen LogP contribution < -0.4 is 15.5 Å². The van der Waals surface area contributed by atoms with E-state index >= 15 is 0 Å². The summed E-state index contributed by atoms with van der Waals surface area (Å²) >= 11 is 0. The Morgan fingerprint density at radius 3 is 2.79 bits per heavy atom. The van der Waals surface area contributed by atoms with Crippen LogP contribution in [0.1, 0.15) is 17.7 Å². The highest BCUT2D eigenvalue weighted by Crippen LogP contribution is 2.22. The molecule has 3 N–H and O–H groups in total. The Labute approximate surface area is 161 Å². The smallest absolute Gasteiger partial charge is 0.315 e. The Hall–Kier alpha value is -3.35. The molecule has 1 fully saturated rings. The second-order valence-corrected chi connectivity index (χ2v) is 7.08. The number of rotatable bonds is 4. The van der Waals surface area contributed by atoms with Crippen molar-refractivity contribution in [2.75, 3.05) is 11.4 Å². The number of urea groups is 1. The Morgan fingerprint density at radius 1 is 1.21 bits per heavy atom. The normalized spacial score (nSPS) is 16.6. The van der Waals surface area contributed by atoms with Gasteiger partial charge in [-0.2, -0.15) is 0 Å². The van der Waals surface area contributed by atoms with Gasteiger partial charge in [-0.1, -0.05) is 6.07 Å². The molecule has 1 atom stereocenters. The second-order valence-electron chi connectivity index (χ2n) is 7.08. The van der Waals surface area contributed by atoms with Gasteiger partial charge in [-0.15, -0.1) is 0 Å². The van der Waals surface area contributed by atoms with Crippen molar-refractivity contribution in [1.29, 1.82) is 0 Å². The number of carbonyl (C=O) groups is 2. The topological polar surface area (TPSA) is 77.2 Å². The summed E-state index contributed by atoms with van der Waals surface area (Å²) in [5, 5.41) is 6.78. The molecule has 144 valence electrons. The number of aryl methyl sites for hydroxylation is 1. The fraction of sp³-hybridized carbons (Fsp3) is 0.238. The minimum Gasteiger partial charge on any atom is -0.359 e. The maximum absolute atomic E-state index is 13.1. The molecule has 4 rings (SSSR count). The summed E-state index contributed by atoms with van der Waals surface area (Å²) < 4.78 is 13.1. The van der Waals surface area contributed by atoms with E-state index in [2.05, 4.69) is 21.7 Å². The lowest BCUT2D eigenvalue weighted by molar-refractivity contribution is -0.117. The predicted molar refractivity (Wildman–Crippen MR) is 106 cm³/mol. The van der Waals surface area contributed by atoms with Crippen molar-refractivity contribution in [3.63, 3.8) is 0 Å². The van der Waals surface area contributed by atoms with Crippen LogP contribution in [0.15, 0.2) is 48.5 Å². The van der Waals surface area contributed by atoms with E-state index < -0.39 is 0 Å². The van der Waals surface area contributed by atoms with Gasteiger partial charge in [0.15, 0.2) is 0 Å². The van der Waals surface area contributed by atoms with Crippen LogP contribution in [-0.4, -0.2) is 29.5 Å². The van der Waals surface area contributed by atoms with Gasteiger partial charge in [0.05, 0.1) is 6.04 Å². The van der Waals surface area contributed by atoms with Crippen LogP contribution in [0.2, 0.25) is 0 Å². The monoisotopic (exact) mass is 380 g/mol. The van der Waals surface area contributed by atoms with Crippen LogP contribution >= 0.6 is 0 Å². The lowest BCUT2D eigenvalue weighted by Gasteiger charge is -2.17. The number of hydrogen-bond acceptors (Lipinski definition) is 2. The van der Waals surface area contributed by atoms with Crippen molar-refractivity contribution in [3.05, 3.63) is 65.6 Å². The van der Waals surface area contributed by atoms with Crippen molar-refractivity contribution in [3.8, 4) is 0 Å². The lowest BCUT2D eigenvalue weighted by atomic mass is 10.1. The molecule has 3 amide bonds. The van der Waals surface area contributed by atoms with E-state index in [0.717, 1.165) is 22.2 Å². The first-order valence-electron chi connectivity index (χ1n) is 9.16. The summed E-state index contributed by atoms with van der Waals surface area (Å²) in [6, 6.07) is 13.2. The molecule has 0 radical (unpaired) electrons. The molecule has 3 aromatic rings. The van der Waals surface area contributed by atoms with E-state index in [1.807, 2.05) is 25.1 Å². The number of aromatic nitrogens is 1. The number of amides is 3. The van der Waals surface area contributed by atoms with Gasteiger partial charge in [-0.3, -0.25) is 4.79 Å². The Bertz CT molecular complexity index is 1030. The minimum atomic E-state index is -0.350. The van der Waals surface area contributed by atoms with Gasteiger partial charge in [0.1, 0.15) is 5.82 Å². The van der Waals surface area contributed by atoms with Crippen LogP contribution in [0.4, 0.5) is 14.9 Å². The van der Waals surface area contributed by atoms with Crippen LogP contribution in [0.3, 0.4) is 0 Å². The van der Waals surface area contributed by atoms with Crippen LogP contribution in [-0.2, 0) is 11.3 Å². The van der Waals surface area contributed by atoms with Crippen molar-refractivity contribution < 1.29 is 14.0 Å². The maximum Gasteiger partial charge on any atom is 0.315 e. The van der Waals surface area contributed by atoms with Crippen molar-refractivity contribution in [2.45, 2.75) is 25.9 Å². The molecule has 2 heterocycles. The van der Waals surface area contributed by atoms with E-state index in [-0.39, 0.29) is 30.2 Å². The van der Waals surface area contributed by atoms with Crippen LogP contribution in [0, 0.1) is 12.7 Å². The molecule has 0 spiro atoms. The Balaban J connectivity index is 1.32. The predicted octanol–water partition coefficient (Wildman–Crippen LogP) is 3.22. The summed E-state index contributed by atoms with van der Waals surface area (Å²) in [7, 11) is 0. The van der Waals surface area contributed by atoms with Crippen molar-refractivity contribution in [2.24, 2.45) is 0 Å². The van der Waals surface area contributed by atoms with Crippen molar-refractivity contribution in [1.82, 2.24) is 15.6 Å². The third-order valence-corrected chi connectivity index (χ3v) is 4.87. The first-order chi connectivity index (χ1) is 13.5. The number of benzene rings is 2. The number of nitrogens with one attached hydrogen (secondary N) is 3. The molecular formula is C21H21FN4O2. The summed E-state index contributed by atoms with van der Waals surface area (Å²) in [6.45, 7) is 2.77. The van der Waals surface area contributed by atoms with E-state index in [4.69, 9.17) is 0 Å². The molecule has 1 aromatic heterocycles. The number of fused-ring (bicyclic) bond motifs is 1. The molecule has 0 unspecified atom stereocenters. The molecule has 1 saturated heterocycles. The zero-order valence-electron chi connectivity index (χ0n) is 15.5. The molecule has 2 aromatic carbocycles. The molecule has 0 aliphatic carbocycles. The van der Waals surface area contributed by atoms with Crippen molar-refractivity contribution >= 4 is 28.5 Å². The van der Waals surface area contributed by atoms with Gasteiger partial charge < -0.3 is 20.5 Å². The standard InChI is InChI=1S/C21H21FN4O2/c1-13-8-15-9-14(2-7-19(15)24-13)11-23-21(28)25-17-10-20(27)26(12-17)18-5-3-16(22)4-6-18/h2-9,17,24H,10-12H2,1H3,(H2,23,25,28)/t17-/m0/s1. The fourth-order valence-electron chi connectivity index (χ4n) is 3.53. The average Bonchev–Trinajstić information content (AvgIpc) is 3.21. The highest BCUT2D eigenvalue weighted by atomic mass is 19.1. The molecule has 1 aliphatic heterocycles. The quantitative estimate of drug-likeness (QED) is 0.650. The molecule has 1 aliphatic rings. The number of hydrogen-bond donors (Lipinski definition) is 3. The summed E-state index contributed by atoms with van der Waals surface area (Å²) in [6.07, 6.45) is 0.222. The molecule has 6 nitrogen and oxygen atoms in total. The maximum atomic E-state index is 13.1. The zero-order chi connectivity index (χ0) is 19.7. The molecule has 0 saturated carbocycles. The molecule has 7 heteroatoms. The third-order valence-electron chi connectivity index (χ3n) is 4.87. The number of anilines is 1. The van der Waals surface area contributed by atoms with E-state index in [0.29, 0.717) is 18.8 Å². The Kier molecular flexibility index (Phi) is 4.73. The van der Waals surface area contributed by atoms with Crippen LogP contribution in [0.25, 0.3) is 10.9 Å². The van der Waals surface area contributed by atoms with Gasteiger partial charge in [0.2, 0.25) is 5.91 Å². The minimum absolute atomic E-state index is 0.0924. The highest BCUT2D eigenvalue weighted by molar-refractivity contribution is 5.96. The first-order valence-corrected chi connectivity index (χ1v) is 9.16. The number of carbonyl (C=O) groups excluding carboxylic acids is 2. The SMILES string of the molecule is Cc1cc2cc(CNC(=O)N[C@H]3CC(=O)N(c4ccc(F)cc4)C3)ccc2[nH]1. The summed E-state index contributed by atoms with van der Waals surface area (Å²) in [5.41, 5.74) is 3.79. The van der Waals surface area contributed by atoms with E-state index in [1.165, 1.54) is 12.1 Å². The molecular weight excluding hydrogens is 359 g/mol. The fourth-order valence-corrected chi connectivity index (χ4v) is 3.53. The number of H-pyrrole nitrogens is 1. The number of halogens is 1. The largest absolute Gasteiger partial charge is 0.359 e. The van der Waals surface area contributed by atoms with Gasteiger partial charge >= 0.3 is 6.03 Å². The summed E-state index contributed by atoms with van der Waals surface area (Å²) in [5.74, 6) is -0.442. The number of aromatic amines is 1. The van der Waals surface area contributed by atoms with Gasteiger partial charge in [-0.05, 0) is 60.3 Å². The molecule has 28 heavy (non-hydrogen) atoms. The zero-order valence-corrected chi connectivity index (χ0v) is 15.5. The molecule has 0 bridgehead atoms. The van der Waals surface area contributed by atoms with E-state index in [9.17, 15) is 14.0 Å². The van der Waals surface area contributed by atoms with Gasteiger partial charge in [-0.25, -0.2) is 9.18 Å². The first kappa shape index (κ1) is 18.0.